The van der Waals surface area contributed by atoms with Gasteiger partial charge in [-0.05, 0) is 17.7 Å². The van der Waals surface area contributed by atoms with E-state index in [0.717, 1.165) is 12.1 Å². The zero-order valence-electron chi connectivity index (χ0n) is 8.12. The van der Waals surface area contributed by atoms with Crippen LogP contribution in [-0.4, -0.2) is 5.11 Å². The van der Waals surface area contributed by atoms with Crippen molar-refractivity contribution in [2.75, 3.05) is 0 Å². The molecule has 2 nitrogen and oxygen atoms in total. The van der Waals surface area contributed by atoms with Crippen LogP contribution < -0.4 is 0 Å². The van der Waals surface area contributed by atoms with Crippen LogP contribution in [0.3, 0.4) is 0 Å². The molecule has 1 aromatic rings. The van der Waals surface area contributed by atoms with Gasteiger partial charge in [-0.1, -0.05) is 18.7 Å². The summed E-state index contributed by atoms with van der Waals surface area (Å²) in [5.41, 5.74) is -1.06. The first-order chi connectivity index (χ1) is 7.36. The van der Waals surface area contributed by atoms with Crippen molar-refractivity contribution in [2.45, 2.75) is 12.3 Å². The summed E-state index contributed by atoms with van der Waals surface area (Å²) in [4.78, 5) is 0. The molecule has 0 saturated heterocycles. The van der Waals surface area contributed by atoms with Crippen molar-refractivity contribution >= 4 is 0 Å². The van der Waals surface area contributed by atoms with E-state index in [2.05, 4.69) is 6.58 Å². The van der Waals surface area contributed by atoms with E-state index in [9.17, 15) is 18.3 Å². The molecule has 1 unspecified atom stereocenters. The van der Waals surface area contributed by atoms with Gasteiger partial charge in [0, 0.05) is 0 Å². The lowest BCUT2D eigenvalue weighted by atomic mass is 10.0. The number of alkyl halides is 3. The van der Waals surface area contributed by atoms with Crippen LogP contribution in [0.4, 0.5) is 13.2 Å². The molecule has 0 aliphatic heterocycles. The van der Waals surface area contributed by atoms with Crippen LogP contribution in [0.1, 0.15) is 17.2 Å². The summed E-state index contributed by atoms with van der Waals surface area (Å²) in [5, 5.41) is 18.0. The van der Waals surface area contributed by atoms with E-state index in [1.807, 2.05) is 0 Å². The second kappa shape index (κ2) is 4.37. The minimum Gasteiger partial charge on any atom is -0.383 e. The highest BCUT2D eigenvalue weighted by Gasteiger charge is 2.31. The van der Waals surface area contributed by atoms with Crippen molar-refractivity contribution in [2.24, 2.45) is 0 Å². The molecule has 0 saturated carbocycles. The second-order valence-electron chi connectivity index (χ2n) is 3.16. The third kappa shape index (κ3) is 2.61. The summed E-state index contributed by atoms with van der Waals surface area (Å²) >= 11 is 0. The van der Waals surface area contributed by atoms with E-state index in [-0.39, 0.29) is 11.1 Å². The Labute approximate surface area is 90.2 Å². The molecule has 0 heterocycles. The minimum atomic E-state index is -4.47. The lowest BCUT2D eigenvalue weighted by Crippen LogP contribution is -2.07. The summed E-state index contributed by atoms with van der Waals surface area (Å²) in [6.45, 7) is 3.25. The molecular formula is C11H8F3NO. The van der Waals surface area contributed by atoms with Crippen molar-refractivity contribution < 1.29 is 18.3 Å². The standard InChI is InChI=1S/C11H8F3NO/c1-7(6-15)10(16)8-3-2-4-9(5-8)11(12,13)14/h2-5,10,16H,1H2. The number of halogens is 3. The summed E-state index contributed by atoms with van der Waals surface area (Å²) in [6, 6.07) is 5.77. The molecule has 16 heavy (non-hydrogen) atoms. The number of hydrogen-bond acceptors (Lipinski definition) is 2. The molecule has 0 radical (unpaired) electrons. The molecule has 1 aromatic carbocycles. The van der Waals surface area contributed by atoms with E-state index < -0.39 is 17.8 Å². The molecule has 0 bridgehead atoms. The van der Waals surface area contributed by atoms with Gasteiger partial charge in [0.05, 0.1) is 17.2 Å². The average molecular weight is 227 g/mol. The smallest absolute Gasteiger partial charge is 0.383 e. The predicted molar refractivity (Wildman–Crippen MR) is 51.2 cm³/mol. The Morgan fingerprint density at radius 1 is 1.44 bits per heavy atom. The molecule has 1 atom stereocenters. The maximum Gasteiger partial charge on any atom is 0.416 e. The highest BCUT2D eigenvalue weighted by Crippen LogP contribution is 2.31. The van der Waals surface area contributed by atoms with Crippen molar-refractivity contribution in [3.8, 4) is 6.07 Å². The largest absolute Gasteiger partial charge is 0.416 e. The van der Waals surface area contributed by atoms with Crippen LogP contribution in [0.2, 0.25) is 0 Å². The van der Waals surface area contributed by atoms with Gasteiger partial charge in [-0.15, -0.1) is 0 Å². The zero-order chi connectivity index (χ0) is 12.3. The third-order valence-corrected chi connectivity index (χ3v) is 2.00. The fourth-order valence-electron chi connectivity index (χ4n) is 1.15. The molecule has 5 heteroatoms. The van der Waals surface area contributed by atoms with Gasteiger partial charge >= 0.3 is 6.18 Å². The zero-order valence-corrected chi connectivity index (χ0v) is 8.12. The Hall–Kier alpha value is -1.80. The predicted octanol–water partition coefficient (Wildman–Crippen LogP) is 2.82. The van der Waals surface area contributed by atoms with Gasteiger partial charge < -0.3 is 5.11 Å². The maximum atomic E-state index is 12.3. The summed E-state index contributed by atoms with van der Waals surface area (Å²) in [7, 11) is 0. The number of hydrogen-bond donors (Lipinski definition) is 1. The first kappa shape index (κ1) is 12.3. The fraction of sp³-hybridized carbons (Fsp3) is 0.182. The normalized spacial score (nSPS) is 12.9. The first-order valence-electron chi connectivity index (χ1n) is 4.30. The van der Waals surface area contributed by atoms with E-state index in [4.69, 9.17) is 5.26 Å². The molecular weight excluding hydrogens is 219 g/mol. The second-order valence-corrected chi connectivity index (χ2v) is 3.16. The summed E-state index contributed by atoms with van der Waals surface area (Å²) < 4.78 is 37.0. The molecule has 0 amide bonds. The van der Waals surface area contributed by atoms with Gasteiger partial charge in [-0.2, -0.15) is 18.4 Å². The Morgan fingerprint density at radius 3 is 2.56 bits per heavy atom. The molecule has 0 aliphatic carbocycles. The number of aliphatic hydroxyl groups excluding tert-OH is 1. The summed E-state index contributed by atoms with van der Waals surface area (Å²) in [5.74, 6) is 0. The van der Waals surface area contributed by atoms with E-state index in [1.165, 1.54) is 12.1 Å². The number of nitriles is 1. The molecule has 1 N–H and O–H groups in total. The Balaban J connectivity index is 3.09. The topological polar surface area (TPSA) is 44.0 Å². The highest BCUT2D eigenvalue weighted by molar-refractivity contribution is 5.35. The van der Waals surface area contributed by atoms with Gasteiger partial charge in [-0.25, -0.2) is 0 Å². The van der Waals surface area contributed by atoms with Gasteiger partial charge in [-0.3, -0.25) is 0 Å². The number of rotatable bonds is 2. The SMILES string of the molecule is C=C(C#N)C(O)c1cccc(C(F)(F)F)c1. The monoisotopic (exact) mass is 227 g/mol. The maximum absolute atomic E-state index is 12.3. The molecule has 1 rings (SSSR count). The molecule has 0 aliphatic rings. The lowest BCUT2D eigenvalue weighted by Gasteiger charge is -2.12. The van der Waals surface area contributed by atoms with Crippen molar-refractivity contribution in [3.05, 3.63) is 47.5 Å². The molecule has 0 spiro atoms. The Bertz CT molecular complexity index is 445. The average Bonchev–Trinajstić information content (AvgIpc) is 2.26. The van der Waals surface area contributed by atoms with Gasteiger partial charge in [0.1, 0.15) is 6.10 Å². The van der Waals surface area contributed by atoms with E-state index in [1.54, 1.807) is 6.07 Å². The van der Waals surface area contributed by atoms with Crippen molar-refractivity contribution in [1.82, 2.24) is 0 Å². The van der Waals surface area contributed by atoms with Crippen LogP contribution in [-0.2, 0) is 6.18 Å². The van der Waals surface area contributed by atoms with Gasteiger partial charge in [0.25, 0.3) is 0 Å². The Morgan fingerprint density at radius 2 is 2.06 bits per heavy atom. The molecule has 0 aromatic heterocycles. The Kier molecular flexibility index (Phi) is 3.35. The number of benzene rings is 1. The van der Waals surface area contributed by atoms with Crippen LogP contribution in [0.15, 0.2) is 36.4 Å². The fourth-order valence-corrected chi connectivity index (χ4v) is 1.15. The van der Waals surface area contributed by atoms with Crippen LogP contribution in [0, 0.1) is 11.3 Å². The number of nitrogens with zero attached hydrogens (tertiary/aromatic N) is 1. The van der Waals surface area contributed by atoms with Crippen molar-refractivity contribution in [3.63, 3.8) is 0 Å². The first-order valence-corrected chi connectivity index (χ1v) is 4.30. The highest BCUT2D eigenvalue weighted by atomic mass is 19.4. The lowest BCUT2D eigenvalue weighted by molar-refractivity contribution is -0.137. The van der Waals surface area contributed by atoms with Gasteiger partial charge in [0.2, 0.25) is 0 Å². The van der Waals surface area contributed by atoms with Crippen LogP contribution in [0.5, 0.6) is 0 Å². The number of aliphatic hydroxyl groups is 1. The molecule has 0 fully saturated rings. The quantitative estimate of drug-likeness (QED) is 0.789. The van der Waals surface area contributed by atoms with E-state index >= 15 is 0 Å². The summed E-state index contributed by atoms with van der Waals surface area (Å²) in [6.07, 6.45) is -5.86. The van der Waals surface area contributed by atoms with Crippen LogP contribution in [0.25, 0.3) is 0 Å². The van der Waals surface area contributed by atoms with Crippen molar-refractivity contribution in [1.29, 1.82) is 5.26 Å². The third-order valence-electron chi connectivity index (χ3n) is 2.00. The molecule has 84 valence electrons. The van der Waals surface area contributed by atoms with Gasteiger partial charge in [0.15, 0.2) is 0 Å². The minimum absolute atomic E-state index is 0.00127. The van der Waals surface area contributed by atoms with E-state index in [0.29, 0.717) is 0 Å². The van der Waals surface area contributed by atoms with Crippen LogP contribution >= 0.6 is 0 Å².